The van der Waals surface area contributed by atoms with Gasteiger partial charge < -0.3 is 5.32 Å². The lowest BCUT2D eigenvalue weighted by molar-refractivity contribution is -0.125. The minimum absolute atomic E-state index is 0.193. The number of amides is 1. The van der Waals surface area contributed by atoms with Crippen molar-refractivity contribution in [2.24, 2.45) is 0 Å². The molecule has 1 unspecified atom stereocenters. The molecule has 2 rings (SSSR count). The van der Waals surface area contributed by atoms with Crippen LogP contribution in [0.1, 0.15) is 47.0 Å². The summed E-state index contributed by atoms with van der Waals surface area (Å²) in [5.74, 6) is -0.193. The van der Waals surface area contributed by atoms with E-state index in [-0.39, 0.29) is 10.8 Å². The predicted octanol–water partition coefficient (Wildman–Crippen LogP) is 2.46. The number of sulfonamides is 1. The van der Waals surface area contributed by atoms with E-state index in [0.717, 1.165) is 19.4 Å². The molecule has 0 aliphatic carbocycles. The molecule has 1 aliphatic heterocycles. The van der Waals surface area contributed by atoms with Gasteiger partial charge in [0.15, 0.2) is 0 Å². The molecule has 1 aromatic rings. The van der Waals surface area contributed by atoms with Gasteiger partial charge in [0.1, 0.15) is 6.04 Å². The summed E-state index contributed by atoms with van der Waals surface area (Å²) in [7, 11) is -3.66. The molecule has 1 fully saturated rings. The molecule has 0 radical (unpaired) electrons. The Morgan fingerprint density at radius 1 is 1.15 bits per heavy atom. The molecule has 0 bridgehead atoms. The molecular formula is C20H33N3O3S. The Bertz CT molecular complexity index is 696. The first kappa shape index (κ1) is 21.9. The van der Waals surface area contributed by atoms with E-state index in [9.17, 15) is 13.2 Å². The van der Waals surface area contributed by atoms with Gasteiger partial charge >= 0.3 is 0 Å². The first-order valence-electron chi connectivity index (χ1n) is 9.85. The van der Waals surface area contributed by atoms with E-state index in [0.29, 0.717) is 31.6 Å². The number of benzene rings is 1. The lowest BCUT2D eigenvalue weighted by Gasteiger charge is -2.34. The topological polar surface area (TPSA) is 69.7 Å². The number of nitrogens with zero attached hydrogens (tertiary/aromatic N) is 2. The molecule has 1 aliphatic rings. The fraction of sp³-hybridized carbons (Fsp3) is 0.650. The summed E-state index contributed by atoms with van der Waals surface area (Å²) in [6, 6.07) is 8.53. The number of piperidine rings is 1. The Morgan fingerprint density at radius 3 is 2.37 bits per heavy atom. The van der Waals surface area contributed by atoms with Gasteiger partial charge in [-0.15, -0.1) is 0 Å². The van der Waals surface area contributed by atoms with Crippen molar-refractivity contribution < 1.29 is 13.2 Å². The van der Waals surface area contributed by atoms with Crippen LogP contribution in [0.15, 0.2) is 35.2 Å². The van der Waals surface area contributed by atoms with Crippen LogP contribution in [0, 0.1) is 0 Å². The number of rotatable bonds is 8. The molecule has 1 saturated heterocycles. The van der Waals surface area contributed by atoms with Crippen LogP contribution >= 0.6 is 0 Å². The average Bonchev–Trinajstić information content (AvgIpc) is 2.65. The Balaban J connectivity index is 2.05. The smallest absolute Gasteiger partial charge is 0.243 e. The number of carbonyl (C=O) groups is 1. The molecule has 6 nitrogen and oxygen atoms in total. The molecule has 152 valence electrons. The molecule has 1 heterocycles. The number of hydrogen-bond acceptors (Lipinski definition) is 4. The van der Waals surface area contributed by atoms with Crippen molar-refractivity contribution in [2.45, 2.75) is 70.0 Å². The van der Waals surface area contributed by atoms with E-state index in [1.807, 2.05) is 0 Å². The van der Waals surface area contributed by atoms with E-state index in [1.54, 1.807) is 30.3 Å². The highest BCUT2D eigenvalue weighted by atomic mass is 32.2. The zero-order valence-corrected chi connectivity index (χ0v) is 17.7. The van der Waals surface area contributed by atoms with E-state index < -0.39 is 16.1 Å². The molecule has 27 heavy (non-hydrogen) atoms. The lowest BCUT2D eigenvalue weighted by atomic mass is 10.0. The molecule has 1 N–H and O–H groups in total. The van der Waals surface area contributed by atoms with Crippen molar-refractivity contribution in [3.05, 3.63) is 30.3 Å². The van der Waals surface area contributed by atoms with Crippen molar-refractivity contribution in [3.8, 4) is 0 Å². The van der Waals surface area contributed by atoms with E-state index >= 15 is 0 Å². The summed E-state index contributed by atoms with van der Waals surface area (Å²) in [6.07, 6.45) is 2.21. The van der Waals surface area contributed by atoms with Crippen molar-refractivity contribution in [3.63, 3.8) is 0 Å². The molecule has 0 saturated carbocycles. The highest BCUT2D eigenvalue weighted by Crippen LogP contribution is 2.25. The number of carbonyl (C=O) groups excluding carboxylic acids is 1. The summed E-state index contributed by atoms with van der Waals surface area (Å²) < 4.78 is 27.4. The third-order valence-electron chi connectivity index (χ3n) is 5.10. The summed E-state index contributed by atoms with van der Waals surface area (Å²) >= 11 is 0. The van der Waals surface area contributed by atoms with Gasteiger partial charge in [-0.05, 0) is 52.7 Å². The van der Waals surface area contributed by atoms with Crippen LogP contribution < -0.4 is 5.32 Å². The fourth-order valence-electron chi connectivity index (χ4n) is 3.72. The Morgan fingerprint density at radius 2 is 1.78 bits per heavy atom. The maximum atomic E-state index is 13.0. The average molecular weight is 396 g/mol. The Hall–Kier alpha value is -1.44. The van der Waals surface area contributed by atoms with Crippen LogP contribution in [0.2, 0.25) is 0 Å². The Labute approximate surface area is 164 Å². The SMILES string of the molecule is CC(C)N(CCNC(=O)C1CCCCN1S(=O)(=O)c1ccccc1)C(C)C. The van der Waals surface area contributed by atoms with E-state index in [4.69, 9.17) is 0 Å². The van der Waals surface area contributed by atoms with E-state index in [1.165, 1.54) is 4.31 Å². The second-order valence-corrected chi connectivity index (χ2v) is 9.55. The molecule has 1 aromatic carbocycles. The summed E-state index contributed by atoms with van der Waals surface area (Å²) in [5, 5.41) is 2.96. The zero-order valence-electron chi connectivity index (χ0n) is 16.9. The summed E-state index contributed by atoms with van der Waals surface area (Å²) in [4.78, 5) is 15.3. The van der Waals surface area contributed by atoms with Crippen molar-refractivity contribution in [2.75, 3.05) is 19.6 Å². The Kier molecular flexibility index (Phi) is 7.82. The van der Waals surface area contributed by atoms with Crippen LogP contribution in [0.5, 0.6) is 0 Å². The standard InChI is InChI=1S/C20H33N3O3S/c1-16(2)22(17(3)4)15-13-21-20(24)19-12-8-9-14-23(19)27(25,26)18-10-6-5-7-11-18/h5-7,10-11,16-17,19H,8-9,12-15H2,1-4H3,(H,21,24). The quantitative estimate of drug-likeness (QED) is 0.734. The largest absolute Gasteiger partial charge is 0.353 e. The lowest BCUT2D eigenvalue weighted by Crippen LogP contribution is -2.53. The van der Waals surface area contributed by atoms with E-state index in [2.05, 4.69) is 37.9 Å². The summed E-state index contributed by atoms with van der Waals surface area (Å²) in [6.45, 7) is 10.2. The van der Waals surface area contributed by atoms with Gasteiger partial charge in [-0.3, -0.25) is 9.69 Å². The molecule has 7 heteroatoms. The van der Waals surface area contributed by atoms with Crippen molar-refractivity contribution in [1.29, 1.82) is 0 Å². The summed E-state index contributed by atoms with van der Waals surface area (Å²) in [5.41, 5.74) is 0. The molecule has 0 aromatic heterocycles. The van der Waals surface area contributed by atoms with Gasteiger partial charge in [0, 0.05) is 31.7 Å². The van der Waals surface area contributed by atoms with Crippen LogP contribution in [0.4, 0.5) is 0 Å². The second kappa shape index (κ2) is 9.66. The van der Waals surface area contributed by atoms with Gasteiger partial charge in [0.05, 0.1) is 4.90 Å². The molecule has 0 spiro atoms. The second-order valence-electron chi connectivity index (χ2n) is 7.66. The zero-order chi connectivity index (χ0) is 20.0. The van der Waals surface area contributed by atoms with Crippen LogP contribution in [0.3, 0.4) is 0 Å². The first-order chi connectivity index (χ1) is 12.7. The normalized spacial score (nSPS) is 19.0. The third kappa shape index (κ3) is 5.53. The molecule has 1 amide bonds. The van der Waals surface area contributed by atoms with Gasteiger partial charge in [-0.1, -0.05) is 24.6 Å². The van der Waals surface area contributed by atoms with Crippen molar-refractivity contribution in [1.82, 2.24) is 14.5 Å². The van der Waals surface area contributed by atoms with Crippen LogP contribution in [-0.4, -0.2) is 61.3 Å². The van der Waals surface area contributed by atoms with Crippen LogP contribution in [-0.2, 0) is 14.8 Å². The van der Waals surface area contributed by atoms with Gasteiger partial charge in [0.2, 0.25) is 15.9 Å². The van der Waals surface area contributed by atoms with Crippen LogP contribution in [0.25, 0.3) is 0 Å². The minimum atomic E-state index is -3.66. The number of hydrogen-bond donors (Lipinski definition) is 1. The fourth-order valence-corrected chi connectivity index (χ4v) is 5.40. The monoisotopic (exact) mass is 395 g/mol. The van der Waals surface area contributed by atoms with Gasteiger partial charge in [0.25, 0.3) is 0 Å². The number of nitrogens with one attached hydrogen (secondary N) is 1. The molecular weight excluding hydrogens is 362 g/mol. The first-order valence-corrected chi connectivity index (χ1v) is 11.3. The molecule has 1 atom stereocenters. The highest BCUT2D eigenvalue weighted by molar-refractivity contribution is 7.89. The van der Waals surface area contributed by atoms with Crippen molar-refractivity contribution >= 4 is 15.9 Å². The maximum Gasteiger partial charge on any atom is 0.243 e. The highest BCUT2D eigenvalue weighted by Gasteiger charge is 2.37. The van der Waals surface area contributed by atoms with Gasteiger partial charge in [-0.2, -0.15) is 4.31 Å². The minimum Gasteiger partial charge on any atom is -0.353 e. The third-order valence-corrected chi connectivity index (χ3v) is 7.02. The predicted molar refractivity (Wildman–Crippen MR) is 108 cm³/mol. The maximum absolute atomic E-state index is 13.0. The van der Waals surface area contributed by atoms with Gasteiger partial charge in [-0.25, -0.2) is 8.42 Å².